The minimum Gasteiger partial charge on any atom is -0.329 e. The fourth-order valence-corrected chi connectivity index (χ4v) is 1.86. The largest absolute Gasteiger partial charge is 0.329 e. The standard InChI is InChI=1S/C12H18BrFN2/c1-8(2)7-16-12(6-15)10-5-9(13)3-4-11(10)14/h3-5,8,12,16H,6-7,15H2,1-2H3. The van der Waals surface area contributed by atoms with Crippen LogP contribution >= 0.6 is 15.9 Å². The molecule has 0 bridgehead atoms. The molecule has 0 heterocycles. The lowest BCUT2D eigenvalue weighted by Gasteiger charge is -2.19. The highest BCUT2D eigenvalue weighted by atomic mass is 79.9. The van der Waals surface area contributed by atoms with Crippen molar-refractivity contribution in [3.05, 3.63) is 34.1 Å². The average molecular weight is 289 g/mol. The average Bonchev–Trinajstić information content (AvgIpc) is 2.23. The van der Waals surface area contributed by atoms with Crippen LogP contribution in [0, 0.1) is 11.7 Å². The van der Waals surface area contributed by atoms with Crippen LogP contribution in [0.2, 0.25) is 0 Å². The number of halogens is 2. The van der Waals surface area contributed by atoms with Crippen molar-refractivity contribution in [3.63, 3.8) is 0 Å². The Hall–Kier alpha value is -0.450. The van der Waals surface area contributed by atoms with Crippen LogP contribution in [0.4, 0.5) is 4.39 Å². The molecule has 4 heteroatoms. The second kappa shape index (κ2) is 6.33. The molecule has 3 N–H and O–H groups in total. The summed E-state index contributed by atoms with van der Waals surface area (Å²) in [6, 6.07) is 4.80. The van der Waals surface area contributed by atoms with Crippen LogP contribution in [0.3, 0.4) is 0 Å². The maximum absolute atomic E-state index is 13.6. The highest BCUT2D eigenvalue weighted by Gasteiger charge is 2.14. The Kier molecular flexibility index (Phi) is 5.38. The number of rotatable bonds is 5. The Morgan fingerprint density at radius 3 is 2.69 bits per heavy atom. The molecule has 1 aromatic rings. The molecular formula is C12H18BrFN2. The zero-order valence-corrected chi connectivity index (χ0v) is 11.2. The van der Waals surface area contributed by atoms with Crippen LogP contribution in [-0.4, -0.2) is 13.1 Å². The number of nitrogens with one attached hydrogen (secondary N) is 1. The molecule has 0 aliphatic carbocycles. The first-order valence-electron chi connectivity index (χ1n) is 5.43. The number of nitrogens with two attached hydrogens (primary N) is 1. The van der Waals surface area contributed by atoms with Crippen LogP contribution in [0.5, 0.6) is 0 Å². The van der Waals surface area contributed by atoms with Gasteiger partial charge in [-0.2, -0.15) is 0 Å². The van der Waals surface area contributed by atoms with Gasteiger partial charge in [0.05, 0.1) is 0 Å². The number of benzene rings is 1. The van der Waals surface area contributed by atoms with Crippen molar-refractivity contribution in [1.82, 2.24) is 5.32 Å². The van der Waals surface area contributed by atoms with Crippen molar-refractivity contribution >= 4 is 15.9 Å². The van der Waals surface area contributed by atoms with Gasteiger partial charge in [0.1, 0.15) is 5.82 Å². The summed E-state index contributed by atoms with van der Waals surface area (Å²) in [7, 11) is 0. The topological polar surface area (TPSA) is 38.0 Å². The van der Waals surface area contributed by atoms with E-state index in [9.17, 15) is 4.39 Å². The van der Waals surface area contributed by atoms with Gasteiger partial charge in [-0.3, -0.25) is 0 Å². The SMILES string of the molecule is CC(C)CNC(CN)c1cc(Br)ccc1F. The van der Waals surface area contributed by atoms with Gasteiger partial charge in [0.25, 0.3) is 0 Å². The van der Waals surface area contributed by atoms with Gasteiger partial charge in [0, 0.05) is 22.6 Å². The van der Waals surface area contributed by atoms with Crippen molar-refractivity contribution < 1.29 is 4.39 Å². The van der Waals surface area contributed by atoms with Gasteiger partial charge in [0.15, 0.2) is 0 Å². The molecule has 0 amide bonds. The smallest absolute Gasteiger partial charge is 0.128 e. The van der Waals surface area contributed by atoms with Crippen LogP contribution < -0.4 is 11.1 Å². The van der Waals surface area contributed by atoms with E-state index in [2.05, 4.69) is 35.1 Å². The second-order valence-corrected chi connectivity index (χ2v) is 5.17. The van der Waals surface area contributed by atoms with Gasteiger partial charge in [-0.15, -0.1) is 0 Å². The molecule has 0 radical (unpaired) electrons. The molecule has 0 spiro atoms. The normalized spacial score (nSPS) is 13.1. The third-order valence-electron chi connectivity index (χ3n) is 2.34. The van der Waals surface area contributed by atoms with E-state index in [0.717, 1.165) is 11.0 Å². The van der Waals surface area contributed by atoms with Crippen molar-refractivity contribution in [3.8, 4) is 0 Å². The molecule has 1 rings (SSSR count). The summed E-state index contributed by atoms with van der Waals surface area (Å²) in [6.07, 6.45) is 0. The highest BCUT2D eigenvalue weighted by molar-refractivity contribution is 9.10. The molecule has 2 nitrogen and oxygen atoms in total. The first-order valence-corrected chi connectivity index (χ1v) is 6.22. The lowest BCUT2D eigenvalue weighted by Crippen LogP contribution is -2.31. The van der Waals surface area contributed by atoms with E-state index in [4.69, 9.17) is 5.73 Å². The van der Waals surface area contributed by atoms with E-state index in [0.29, 0.717) is 18.0 Å². The molecular weight excluding hydrogens is 271 g/mol. The maximum Gasteiger partial charge on any atom is 0.128 e. The molecule has 0 aliphatic heterocycles. The van der Waals surface area contributed by atoms with Crippen LogP contribution in [0.15, 0.2) is 22.7 Å². The molecule has 0 saturated heterocycles. The number of hydrogen-bond donors (Lipinski definition) is 2. The number of hydrogen-bond acceptors (Lipinski definition) is 2. The zero-order valence-electron chi connectivity index (χ0n) is 9.63. The summed E-state index contributed by atoms with van der Waals surface area (Å²) in [5.41, 5.74) is 6.29. The summed E-state index contributed by atoms with van der Waals surface area (Å²) < 4.78 is 14.5. The molecule has 0 fully saturated rings. The van der Waals surface area contributed by atoms with E-state index < -0.39 is 0 Å². The van der Waals surface area contributed by atoms with Crippen molar-refractivity contribution in [2.24, 2.45) is 11.7 Å². The first-order chi connectivity index (χ1) is 7.54. The van der Waals surface area contributed by atoms with E-state index in [1.807, 2.05) is 0 Å². The van der Waals surface area contributed by atoms with Crippen LogP contribution in [0.1, 0.15) is 25.5 Å². The summed E-state index contributed by atoms with van der Waals surface area (Å²) in [4.78, 5) is 0. The van der Waals surface area contributed by atoms with Gasteiger partial charge >= 0.3 is 0 Å². The van der Waals surface area contributed by atoms with E-state index in [1.165, 1.54) is 6.07 Å². The molecule has 1 unspecified atom stereocenters. The van der Waals surface area contributed by atoms with E-state index in [-0.39, 0.29) is 11.9 Å². The maximum atomic E-state index is 13.6. The first kappa shape index (κ1) is 13.6. The summed E-state index contributed by atoms with van der Waals surface area (Å²) in [5.74, 6) is 0.305. The molecule has 90 valence electrons. The minimum atomic E-state index is -0.213. The third-order valence-corrected chi connectivity index (χ3v) is 2.83. The summed E-state index contributed by atoms with van der Waals surface area (Å²) >= 11 is 3.34. The second-order valence-electron chi connectivity index (χ2n) is 4.26. The Labute approximate surface area is 105 Å². The third kappa shape index (κ3) is 3.85. The van der Waals surface area contributed by atoms with Crippen LogP contribution in [-0.2, 0) is 0 Å². The van der Waals surface area contributed by atoms with Gasteiger partial charge in [-0.05, 0) is 30.7 Å². The van der Waals surface area contributed by atoms with Gasteiger partial charge < -0.3 is 11.1 Å². The Balaban J connectivity index is 2.81. The lowest BCUT2D eigenvalue weighted by molar-refractivity contribution is 0.462. The van der Waals surface area contributed by atoms with Gasteiger partial charge in [-0.1, -0.05) is 29.8 Å². The predicted molar refractivity (Wildman–Crippen MR) is 68.7 cm³/mol. The molecule has 0 saturated carbocycles. The predicted octanol–water partition coefficient (Wildman–Crippen LogP) is 2.83. The fraction of sp³-hybridized carbons (Fsp3) is 0.500. The summed E-state index contributed by atoms with van der Waals surface area (Å²) in [6.45, 7) is 5.43. The minimum absolute atomic E-state index is 0.125. The molecule has 0 aliphatic rings. The fourth-order valence-electron chi connectivity index (χ4n) is 1.48. The molecule has 1 atom stereocenters. The van der Waals surface area contributed by atoms with Crippen molar-refractivity contribution in [1.29, 1.82) is 0 Å². The quantitative estimate of drug-likeness (QED) is 0.874. The van der Waals surface area contributed by atoms with Crippen molar-refractivity contribution in [2.45, 2.75) is 19.9 Å². The molecule has 16 heavy (non-hydrogen) atoms. The zero-order chi connectivity index (χ0) is 12.1. The Bertz CT molecular complexity index is 342. The highest BCUT2D eigenvalue weighted by Crippen LogP contribution is 2.21. The molecule has 1 aromatic carbocycles. The Morgan fingerprint density at radius 1 is 1.44 bits per heavy atom. The van der Waals surface area contributed by atoms with Gasteiger partial charge in [0.2, 0.25) is 0 Å². The summed E-state index contributed by atoms with van der Waals surface area (Å²) in [5, 5.41) is 3.27. The molecule has 0 aromatic heterocycles. The Morgan fingerprint density at radius 2 is 2.12 bits per heavy atom. The van der Waals surface area contributed by atoms with E-state index >= 15 is 0 Å². The van der Waals surface area contributed by atoms with Gasteiger partial charge in [-0.25, -0.2) is 4.39 Å². The van der Waals surface area contributed by atoms with Crippen molar-refractivity contribution in [2.75, 3.05) is 13.1 Å². The monoisotopic (exact) mass is 288 g/mol. The lowest BCUT2D eigenvalue weighted by atomic mass is 10.1. The van der Waals surface area contributed by atoms with E-state index in [1.54, 1.807) is 12.1 Å². The van der Waals surface area contributed by atoms with Crippen LogP contribution in [0.25, 0.3) is 0 Å².